The Kier molecular flexibility index (Phi) is 6.66. The maximum Gasteiger partial charge on any atom is 0.293 e. The van der Waals surface area contributed by atoms with Crippen molar-refractivity contribution in [1.82, 2.24) is 4.90 Å². The summed E-state index contributed by atoms with van der Waals surface area (Å²) in [4.78, 5) is 26.8. The summed E-state index contributed by atoms with van der Waals surface area (Å²) in [7, 11) is 0. The quantitative estimate of drug-likeness (QED) is 0.372. The van der Waals surface area contributed by atoms with Gasteiger partial charge in [-0.3, -0.25) is 14.5 Å². The van der Waals surface area contributed by atoms with Gasteiger partial charge in [-0.15, -0.1) is 0 Å². The number of rotatable bonds is 6. The largest absolute Gasteiger partial charge is 0.489 e. The summed E-state index contributed by atoms with van der Waals surface area (Å²) in [6, 6.07) is 21.9. The summed E-state index contributed by atoms with van der Waals surface area (Å²) in [6.45, 7) is 0.543. The van der Waals surface area contributed by atoms with Crippen molar-refractivity contribution in [2.45, 2.75) is 13.2 Å². The molecule has 0 aromatic heterocycles. The molecule has 1 fully saturated rings. The minimum atomic E-state index is -0.313. The van der Waals surface area contributed by atoms with Crippen LogP contribution < -0.4 is 4.74 Å². The molecule has 1 saturated heterocycles. The van der Waals surface area contributed by atoms with Gasteiger partial charge >= 0.3 is 0 Å². The van der Waals surface area contributed by atoms with Crippen LogP contribution in [0.2, 0.25) is 10.0 Å². The molecule has 3 aromatic carbocycles. The van der Waals surface area contributed by atoms with Gasteiger partial charge in [0.25, 0.3) is 11.1 Å². The van der Waals surface area contributed by atoms with E-state index in [4.69, 9.17) is 27.9 Å². The van der Waals surface area contributed by atoms with Crippen molar-refractivity contribution >= 4 is 52.2 Å². The van der Waals surface area contributed by atoms with Crippen LogP contribution in [0.1, 0.15) is 16.7 Å². The highest BCUT2D eigenvalue weighted by Gasteiger charge is 2.34. The second-order valence-electron chi connectivity index (χ2n) is 6.85. The van der Waals surface area contributed by atoms with Gasteiger partial charge in [-0.05, 0) is 59.3 Å². The molecule has 31 heavy (non-hydrogen) atoms. The highest BCUT2D eigenvalue weighted by atomic mass is 35.5. The summed E-state index contributed by atoms with van der Waals surface area (Å²) < 4.78 is 5.84. The van der Waals surface area contributed by atoms with Gasteiger partial charge in [0.05, 0.1) is 11.4 Å². The summed E-state index contributed by atoms with van der Waals surface area (Å²) in [6.07, 6.45) is 1.70. The maximum atomic E-state index is 12.8. The lowest BCUT2D eigenvalue weighted by Gasteiger charge is -2.12. The van der Waals surface area contributed by atoms with E-state index in [1.807, 2.05) is 48.5 Å². The highest BCUT2D eigenvalue weighted by molar-refractivity contribution is 8.18. The number of amides is 2. The molecule has 0 atom stereocenters. The number of ether oxygens (including phenoxy) is 1. The van der Waals surface area contributed by atoms with Gasteiger partial charge in [-0.25, -0.2) is 0 Å². The van der Waals surface area contributed by atoms with E-state index in [-0.39, 0.29) is 17.7 Å². The molecule has 0 radical (unpaired) electrons. The molecule has 0 saturated carbocycles. The van der Waals surface area contributed by atoms with E-state index < -0.39 is 0 Å². The predicted molar refractivity (Wildman–Crippen MR) is 125 cm³/mol. The summed E-state index contributed by atoms with van der Waals surface area (Å²) in [5, 5.41) is 0.958. The van der Waals surface area contributed by atoms with Crippen molar-refractivity contribution in [2.75, 3.05) is 0 Å². The van der Waals surface area contributed by atoms with Gasteiger partial charge in [0, 0.05) is 15.6 Å². The van der Waals surface area contributed by atoms with Crippen LogP contribution in [0, 0.1) is 0 Å². The molecule has 0 unspecified atom stereocenters. The molecule has 0 spiro atoms. The smallest absolute Gasteiger partial charge is 0.293 e. The molecule has 1 aliphatic heterocycles. The Bertz CT molecular complexity index is 1160. The number of benzene rings is 3. The predicted octanol–water partition coefficient (Wildman–Crippen LogP) is 6.81. The zero-order valence-electron chi connectivity index (χ0n) is 16.3. The standard InChI is InChI=1S/C24H17Cl2NO3S/c25-19-10-8-16(9-11-19)14-27-23(28)22(31-24(27)29)13-17-4-3-6-20(12-17)30-15-18-5-1-2-7-21(18)26/h1-13H,14-15H2/b22-13-. The zero-order chi connectivity index (χ0) is 21.8. The monoisotopic (exact) mass is 469 g/mol. The number of imide groups is 1. The number of hydrogen-bond acceptors (Lipinski definition) is 4. The second kappa shape index (κ2) is 9.60. The fourth-order valence-corrected chi connectivity index (χ4v) is 4.19. The Morgan fingerprint density at radius 3 is 2.48 bits per heavy atom. The van der Waals surface area contributed by atoms with Crippen molar-refractivity contribution < 1.29 is 14.3 Å². The first-order valence-electron chi connectivity index (χ1n) is 9.46. The first kappa shape index (κ1) is 21.5. The number of hydrogen-bond donors (Lipinski definition) is 0. The topological polar surface area (TPSA) is 46.6 Å². The second-order valence-corrected chi connectivity index (χ2v) is 8.68. The Labute approximate surface area is 194 Å². The minimum absolute atomic E-state index is 0.208. The maximum absolute atomic E-state index is 12.8. The molecule has 3 aromatic rings. The van der Waals surface area contributed by atoms with E-state index in [9.17, 15) is 9.59 Å². The van der Waals surface area contributed by atoms with Gasteiger partial charge in [-0.2, -0.15) is 0 Å². The third-order valence-corrected chi connectivity index (χ3v) is 6.16. The molecule has 4 nitrogen and oxygen atoms in total. The lowest BCUT2D eigenvalue weighted by Crippen LogP contribution is -2.27. The molecule has 4 rings (SSSR count). The normalized spacial score (nSPS) is 15.0. The van der Waals surface area contributed by atoms with Crippen molar-refractivity contribution in [1.29, 1.82) is 0 Å². The molecule has 7 heteroatoms. The average molecular weight is 470 g/mol. The van der Waals surface area contributed by atoms with Crippen molar-refractivity contribution in [3.63, 3.8) is 0 Å². The summed E-state index contributed by atoms with van der Waals surface area (Å²) in [5.74, 6) is 0.335. The fraction of sp³-hybridized carbons (Fsp3) is 0.0833. The molecule has 0 N–H and O–H groups in total. The highest BCUT2D eigenvalue weighted by Crippen LogP contribution is 2.34. The first-order valence-corrected chi connectivity index (χ1v) is 11.0. The van der Waals surface area contributed by atoms with E-state index in [2.05, 4.69) is 0 Å². The average Bonchev–Trinajstić information content (AvgIpc) is 3.02. The van der Waals surface area contributed by atoms with Gasteiger partial charge in [-0.1, -0.05) is 65.7 Å². The third-order valence-electron chi connectivity index (χ3n) is 4.64. The van der Waals surface area contributed by atoms with Crippen LogP contribution in [0.15, 0.2) is 77.7 Å². The Balaban J connectivity index is 1.46. The molecular weight excluding hydrogens is 453 g/mol. The zero-order valence-corrected chi connectivity index (χ0v) is 18.6. The van der Waals surface area contributed by atoms with Crippen LogP contribution in [-0.4, -0.2) is 16.0 Å². The van der Waals surface area contributed by atoms with Gasteiger partial charge < -0.3 is 4.74 Å². The summed E-state index contributed by atoms with van der Waals surface area (Å²) in [5.41, 5.74) is 2.49. The molecule has 1 aliphatic rings. The summed E-state index contributed by atoms with van der Waals surface area (Å²) >= 11 is 13.0. The van der Waals surface area contributed by atoms with Crippen LogP contribution in [-0.2, 0) is 17.9 Å². The van der Waals surface area contributed by atoms with Crippen LogP contribution in [0.5, 0.6) is 5.75 Å². The van der Waals surface area contributed by atoms with Gasteiger partial charge in [0.15, 0.2) is 0 Å². The van der Waals surface area contributed by atoms with Crippen LogP contribution in [0.4, 0.5) is 4.79 Å². The van der Waals surface area contributed by atoms with Crippen molar-refractivity contribution in [3.05, 3.63) is 104 Å². The number of halogens is 2. The minimum Gasteiger partial charge on any atom is -0.489 e. The van der Waals surface area contributed by atoms with Crippen molar-refractivity contribution in [3.8, 4) is 5.75 Å². The molecule has 1 heterocycles. The van der Waals surface area contributed by atoms with Crippen LogP contribution >= 0.6 is 35.0 Å². The molecule has 0 bridgehead atoms. The Morgan fingerprint density at radius 2 is 1.71 bits per heavy atom. The molecule has 0 aliphatic carbocycles. The Hall–Kier alpha value is -2.73. The van der Waals surface area contributed by atoms with E-state index in [0.29, 0.717) is 27.3 Å². The molecule has 156 valence electrons. The molecular formula is C24H17Cl2NO3S. The van der Waals surface area contributed by atoms with Gasteiger partial charge in [0.1, 0.15) is 12.4 Å². The van der Waals surface area contributed by atoms with E-state index in [1.54, 1.807) is 30.3 Å². The van der Waals surface area contributed by atoms with Crippen molar-refractivity contribution in [2.24, 2.45) is 0 Å². The number of carbonyl (C=O) groups is 2. The fourth-order valence-electron chi connectivity index (χ4n) is 3.03. The molecule has 2 amide bonds. The third kappa shape index (κ3) is 5.31. The Morgan fingerprint density at radius 1 is 0.935 bits per heavy atom. The lowest BCUT2D eigenvalue weighted by molar-refractivity contribution is -0.123. The van der Waals surface area contributed by atoms with Crippen LogP contribution in [0.3, 0.4) is 0 Å². The van der Waals surface area contributed by atoms with E-state index in [0.717, 1.165) is 28.5 Å². The number of carbonyl (C=O) groups excluding carboxylic acids is 2. The van der Waals surface area contributed by atoms with E-state index >= 15 is 0 Å². The van der Waals surface area contributed by atoms with E-state index in [1.165, 1.54) is 4.90 Å². The lowest BCUT2D eigenvalue weighted by atomic mass is 10.2. The van der Waals surface area contributed by atoms with Gasteiger partial charge in [0.2, 0.25) is 0 Å². The van der Waals surface area contributed by atoms with Crippen LogP contribution in [0.25, 0.3) is 6.08 Å². The first-order chi connectivity index (χ1) is 15.0. The number of nitrogens with zero attached hydrogens (tertiary/aromatic N) is 1. The SMILES string of the molecule is O=C1S/C(=C\c2cccc(OCc3ccccc3Cl)c2)C(=O)N1Cc1ccc(Cl)cc1. The number of thioether (sulfide) groups is 1.